The maximum absolute atomic E-state index is 5.74. The van der Waals surface area contributed by atoms with Crippen LogP contribution in [0.15, 0.2) is 22.9 Å². The largest absolute Gasteiger partial charge is 0.460 e. The Labute approximate surface area is 70.8 Å². The molecule has 2 rings (SSSR count). The van der Waals surface area contributed by atoms with Gasteiger partial charge in [-0.05, 0) is 13.8 Å². The van der Waals surface area contributed by atoms with E-state index in [0.717, 1.165) is 11.1 Å². The molecule has 0 bridgehead atoms. The predicted molar refractivity (Wildman–Crippen MR) is 49.0 cm³/mol. The fourth-order valence-electron chi connectivity index (χ4n) is 1.43. The Morgan fingerprint density at radius 2 is 2.25 bits per heavy atom. The van der Waals surface area contributed by atoms with E-state index in [-0.39, 0.29) is 0 Å². The van der Waals surface area contributed by atoms with Crippen molar-refractivity contribution in [1.82, 2.24) is 4.57 Å². The molecule has 0 saturated heterocycles. The monoisotopic (exact) mass is 164 g/mol. The smallest absolute Gasteiger partial charge is 0.174 e. The van der Waals surface area contributed by atoms with E-state index in [1.54, 1.807) is 6.26 Å². The van der Waals surface area contributed by atoms with Crippen LogP contribution < -0.4 is 5.73 Å². The molecule has 2 heterocycles. The highest BCUT2D eigenvalue weighted by molar-refractivity contribution is 5.86. The number of nitrogens with zero attached hydrogens (tertiary/aromatic N) is 1. The zero-order valence-electron chi connectivity index (χ0n) is 7.24. The lowest BCUT2D eigenvalue weighted by Crippen LogP contribution is -1.97. The lowest BCUT2D eigenvalue weighted by Gasteiger charge is -2.06. The number of nitrogens with two attached hydrogens (primary N) is 1. The van der Waals surface area contributed by atoms with Crippen molar-refractivity contribution in [3.63, 3.8) is 0 Å². The topological polar surface area (TPSA) is 44.1 Å². The van der Waals surface area contributed by atoms with Gasteiger partial charge in [-0.2, -0.15) is 0 Å². The Morgan fingerprint density at radius 3 is 2.92 bits per heavy atom. The van der Waals surface area contributed by atoms with Crippen molar-refractivity contribution in [1.29, 1.82) is 0 Å². The third-order valence-corrected chi connectivity index (χ3v) is 2.02. The van der Waals surface area contributed by atoms with Gasteiger partial charge in [0.15, 0.2) is 5.58 Å². The molecule has 2 aromatic rings. The van der Waals surface area contributed by atoms with Gasteiger partial charge in [0.1, 0.15) is 0 Å². The van der Waals surface area contributed by atoms with Crippen molar-refractivity contribution in [2.24, 2.45) is 0 Å². The lowest BCUT2D eigenvalue weighted by atomic mass is 10.4. The fourth-order valence-corrected chi connectivity index (χ4v) is 1.43. The van der Waals surface area contributed by atoms with E-state index in [9.17, 15) is 0 Å². The van der Waals surface area contributed by atoms with Crippen LogP contribution in [0.1, 0.15) is 19.9 Å². The van der Waals surface area contributed by atoms with E-state index >= 15 is 0 Å². The second kappa shape index (κ2) is 2.30. The molecule has 0 aromatic carbocycles. The van der Waals surface area contributed by atoms with Crippen LogP contribution in [0.5, 0.6) is 0 Å². The number of rotatable bonds is 1. The quantitative estimate of drug-likeness (QED) is 0.703. The fraction of sp³-hybridized carbons (Fsp3) is 0.333. The van der Waals surface area contributed by atoms with E-state index in [1.165, 1.54) is 0 Å². The standard InChI is InChI=1S/C9H12N2O/c1-6(2)11-5-7(10)9-8(11)3-4-12-9/h3-6H,10H2,1-2H3. The van der Waals surface area contributed by atoms with Crippen LogP contribution in [-0.2, 0) is 0 Å². The van der Waals surface area contributed by atoms with Crippen molar-refractivity contribution in [2.75, 3.05) is 5.73 Å². The van der Waals surface area contributed by atoms with Crippen LogP contribution in [0, 0.1) is 0 Å². The average molecular weight is 164 g/mol. The molecule has 0 aliphatic rings. The van der Waals surface area contributed by atoms with Crippen LogP contribution in [0.25, 0.3) is 11.1 Å². The first-order chi connectivity index (χ1) is 5.70. The molecule has 2 N–H and O–H groups in total. The molecule has 0 amide bonds. The average Bonchev–Trinajstić information content (AvgIpc) is 2.53. The number of furan rings is 1. The van der Waals surface area contributed by atoms with Gasteiger partial charge in [-0.1, -0.05) is 0 Å². The molecule has 0 saturated carbocycles. The first-order valence-corrected chi connectivity index (χ1v) is 4.03. The van der Waals surface area contributed by atoms with Gasteiger partial charge in [0.2, 0.25) is 0 Å². The van der Waals surface area contributed by atoms with Crippen molar-refractivity contribution < 1.29 is 4.42 Å². The molecular formula is C9H12N2O. The van der Waals surface area contributed by atoms with Gasteiger partial charge in [0.25, 0.3) is 0 Å². The summed E-state index contributed by atoms with van der Waals surface area (Å²) in [6, 6.07) is 2.36. The van der Waals surface area contributed by atoms with Crippen LogP contribution in [-0.4, -0.2) is 4.57 Å². The van der Waals surface area contributed by atoms with Gasteiger partial charge < -0.3 is 14.7 Å². The van der Waals surface area contributed by atoms with Gasteiger partial charge in [-0.3, -0.25) is 0 Å². The number of fused-ring (bicyclic) bond motifs is 1. The minimum absolute atomic E-state index is 0.419. The highest BCUT2D eigenvalue weighted by Crippen LogP contribution is 2.26. The van der Waals surface area contributed by atoms with Crippen molar-refractivity contribution in [3.8, 4) is 0 Å². The second-order valence-electron chi connectivity index (χ2n) is 3.22. The molecule has 0 radical (unpaired) electrons. The molecule has 0 aliphatic carbocycles. The predicted octanol–water partition coefficient (Wildman–Crippen LogP) is 2.40. The van der Waals surface area contributed by atoms with E-state index in [4.69, 9.17) is 10.2 Å². The summed E-state index contributed by atoms with van der Waals surface area (Å²) >= 11 is 0. The molecule has 3 heteroatoms. The minimum atomic E-state index is 0.419. The number of nitrogen functional groups attached to an aromatic ring is 1. The maximum atomic E-state index is 5.74. The summed E-state index contributed by atoms with van der Waals surface area (Å²) < 4.78 is 7.34. The SMILES string of the molecule is CC(C)n1cc(N)c2occc21. The number of hydrogen-bond donors (Lipinski definition) is 1. The van der Waals surface area contributed by atoms with Gasteiger partial charge in [0.05, 0.1) is 17.5 Å². The Hall–Kier alpha value is -1.38. The molecule has 0 fully saturated rings. The van der Waals surface area contributed by atoms with Crippen LogP contribution in [0.4, 0.5) is 5.69 Å². The Balaban J connectivity index is 2.75. The van der Waals surface area contributed by atoms with Gasteiger partial charge >= 0.3 is 0 Å². The summed E-state index contributed by atoms with van der Waals surface area (Å²) in [5.74, 6) is 0. The van der Waals surface area contributed by atoms with Gasteiger partial charge in [-0.15, -0.1) is 0 Å². The van der Waals surface area contributed by atoms with E-state index < -0.39 is 0 Å². The van der Waals surface area contributed by atoms with Crippen molar-refractivity contribution in [2.45, 2.75) is 19.9 Å². The minimum Gasteiger partial charge on any atom is -0.460 e. The zero-order valence-corrected chi connectivity index (χ0v) is 7.24. The van der Waals surface area contributed by atoms with E-state index in [0.29, 0.717) is 11.7 Å². The van der Waals surface area contributed by atoms with Crippen molar-refractivity contribution >= 4 is 16.8 Å². The molecule has 2 aromatic heterocycles. The lowest BCUT2D eigenvalue weighted by molar-refractivity contribution is 0.614. The third kappa shape index (κ3) is 0.826. The summed E-state index contributed by atoms with van der Waals surface area (Å²) in [6.45, 7) is 4.23. The molecule has 0 spiro atoms. The Bertz CT molecular complexity index is 397. The number of anilines is 1. The highest BCUT2D eigenvalue weighted by atomic mass is 16.3. The van der Waals surface area contributed by atoms with E-state index in [2.05, 4.69) is 18.4 Å². The van der Waals surface area contributed by atoms with Crippen LogP contribution in [0.3, 0.4) is 0 Å². The first kappa shape index (κ1) is 7.28. The van der Waals surface area contributed by atoms with Gasteiger partial charge in [0, 0.05) is 18.3 Å². The normalized spacial score (nSPS) is 11.6. The molecule has 12 heavy (non-hydrogen) atoms. The van der Waals surface area contributed by atoms with E-state index in [1.807, 2.05) is 12.3 Å². The van der Waals surface area contributed by atoms with Crippen LogP contribution >= 0.6 is 0 Å². The first-order valence-electron chi connectivity index (χ1n) is 4.03. The zero-order chi connectivity index (χ0) is 8.72. The molecule has 0 unspecified atom stereocenters. The maximum Gasteiger partial charge on any atom is 0.174 e. The summed E-state index contributed by atoms with van der Waals surface area (Å²) in [7, 11) is 0. The summed E-state index contributed by atoms with van der Waals surface area (Å²) in [4.78, 5) is 0. The summed E-state index contributed by atoms with van der Waals surface area (Å²) in [5, 5.41) is 0. The number of aromatic nitrogens is 1. The third-order valence-electron chi connectivity index (χ3n) is 2.02. The molecular weight excluding hydrogens is 152 g/mol. The van der Waals surface area contributed by atoms with Crippen LogP contribution in [0.2, 0.25) is 0 Å². The summed E-state index contributed by atoms with van der Waals surface area (Å²) in [6.07, 6.45) is 3.58. The Kier molecular flexibility index (Phi) is 1.40. The molecule has 3 nitrogen and oxygen atoms in total. The molecule has 0 atom stereocenters. The second-order valence-corrected chi connectivity index (χ2v) is 3.22. The highest BCUT2D eigenvalue weighted by Gasteiger charge is 2.09. The molecule has 64 valence electrons. The summed E-state index contributed by atoms with van der Waals surface area (Å²) in [5.41, 5.74) is 8.32. The van der Waals surface area contributed by atoms with Crippen molar-refractivity contribution in [3.05, 3.63) is 18.5 Å². The van der Waals surface area contributed by atoms with Gasteiger partial charge in [-0.25, -0.2) is 0 Å². The Morgan fingerprint density at radius 1 is 1.50 bits per heavy atom. The molecule has 0 aliphatic heterocycles. The number of hydrogen-bond acceptors (Lipinski definition) is 2.